The Kier molecular flexibility index (Phi) is 22.8. The van der Waals surface area contributed by atoms with Gasteiger partial charge in [-0.2, -0.15) is 0 Å². The lowest BCUT2D eigenvalue weighted by Crippen LogP contribution is -2.54. The van der Waals surface area contributed by atoms with Crippen LogP contribution in [0.25, 0.3) is 0 Å². The SMILES string of the molecule is CC(C)(C)P(=O)(O)Oc1ccc(CC(C(=O)NCCOCCON)N(CC(=O)NCCOCCON)CC(=O)NCCOCCON)cc1. The minimum atomic E-state index is -3.99. The van der Waals surface area contributed by atoms with Crippen LogP contribution < -0.4 is 38.2 Å². The summed E-state index contributed by atoms with van der Waals surface area (Å²) in [5, 5.41) is 7.21. The Morgan fingerprint density at radius 2 is 1.16 bits per heavy atom. The van der Waals surface area contributed by atoms with Crippen LogP contribution in [-0.4, -0.2) is 131 Å². The highest BCUT2D eigenvalue weighted by Gasteiger charge is 2.37. The summed E-state index contributed by atoms with van der Waals surface area (Å²) in [7, 11) is -3.99. The Morgan fingerprint density at radius 1 is 0.735 bits per heavy atom. The molecule has 49 heavy (non-hydrogen) atoms. The number of nitrogens with zero attached hydrogens (tertiary/aromatic N) is 1. The van der Waals surface area contributed by atoms with Crippen LogP contribution in [0, 0.1) is 0 Å². The van der Waals surface area contributed by atoms with Gasteiger partial charge in [-0.15, -0.1) is 0 Å². The van der Waals surface area contributed by atoms with Crippen LogP contribution in [0.1, 0.15) is 26.3 Å². The third-order valence-corrected chi connectivity index (χ3v) is 8.74. The highest BCUT2D eigenvalue weighted by molar-refractivity contribution is 7.54. The first kappa shape index (κ1) is 44.2. The molecule has 0 radical (unpaired) electrons. The molecule has 1 aromatic rings. The number of nitrogens with one attached hydrogen (secondary N) is 3. The third-order valence-electron chi connectivity index (χ3n) is 6.59. The molecular weight excluding hydrogens is 669 g/mol. The number of ether oxygens (including phenoxy) is 3. The van der Waals surface area contributed by atoms with Crippen LogP contribution in [0.4, 0.5) is 0 Å². The summed E-state index contributed by atoms with van der Waals surface area (Å²) >= 11 is 0. The van der Waals surface area contributed by atoms with Gasteiger partial charge in [0.1, 0.15) is 5.75 Å². The fourth-order valence-electron chi connectivity index (χ4n) is 3.85. The van der Waals surface area contributed by atoms with E-state index in [0.717, 1.165) is 0 Å². The van der Waals surface area contributed by atoms with Gasteiger partial charge in [-0.3, -0.25) is 19.3 Å². The van der Waals surface area contributed by atoms with Crippen LogP contribution in [0.3, 0.4) is 0 Å². The fourth-order valence-corrected chi connectivity index (χ4v) is 4.53. The first-order valence-corrected chi connectivity index (χ1v) is 17.3. The van der Waals surface area contributed by atoms with Crippen LogP contribution in [0.15, 0.2) is 24.3 Å². The normalized spacial score (nSPS) is 13.5. The van der Waals surface area contributed by atoms with Gasteiger partial charge in [-0.25, -0.2) is 22.3 Å². The summed E-state index contributed by atoms with van der Waals surface area (Å²) in [6, 6.07) is 5.29. The number of rotatable bonds is 28. The van der Waals surface area contributed by atoms with Gasteiger partial charge in [0.15, 0.2) is 0 Å². The average Bonchev–Trinajstić information content (AvgIpc) is 3.04. The first-order chi connectivity index (χ1) is 23.3. The summed E-state index contributed by atoms with van der Waals surface area (Å²) in [5.41, 5.74) is 0.629. The first-order valence-electron chi connectivity index (χ1n) is 15.7. The Hall–Kier alpha value is -2.78. The van der Waals surface area contributed by atoms with Gasteiger partial charge in [-0.1, -0.05) is 12.1 Å². The van der Waals surface area contributed by atoms with Crippen molar-refractivity contribution in [2.24, 2.45) is 17.7 Å². The second-order valence-corrected chi connectivity index (χ2v) is 14.1. The van der Waals surface area contributed by atoms with Gasteiger partial charge in [-0.05, 0) is 44.9 Å². The van der Waals surface area contributed by atoms with Crippen molar-refractivity contribution < 1.29 is 57.1 Å². The number of nitrogens with two attached hydrogens (primary N) is 3. The number of amides is 3. The van der Waals surface area contributed by atoms with E-state index in [1.165, 1.54) is 17.0 Å². The maximum atomic E-state index is 13.6. The molecule has 2 unspecified atom stereocenters. The number of carbonyl (C=O) groups excluding carboxylic acids is 3. The predicted octanol–water partition coefficient (Wildman–Crippen LogP) is -1.67. The molecular formula is C29H54N7O12P. The molecule has 0 aliphatic rings. The Morgan fingerprint density at radius 3 is 1.57 bits per heavy atom. The number of carbonyl (C=O) groups is 3. The lowest BCUT2D eigenvalue weighted by atomic mass is 10.0. The number of hydrogen-bond acceptors (Lipinski definition) is 15. The molecule has 0 fully saturated rings. The molecule has 0 saturated heterocycles. The van der Waals surface area contributed by atoms with E-state index >= 15 is 0 Å². The highest BCUT2D eigenvalue weighted by atomic mass is 31.2. The largest absolute Gasteiger partial charge is 0.424 e. The maximum absolute atomic E-state index is 13.6. The quantitative estimate of drug-likeness (QED) is 0.0289. The molecule has 20 heteroatoms. The molecule has 0 spiro atoms. The van der Waals surface area contributed by atoms with E-state index in [4.69, 9.17) is 36.4 Å². The zero-order valence-electron chi connectivity index (χ0n) is 28.6. The van der Waals surface area contributed by atoms with Crippen LogP contribution >= 0.6 is 7.60 Å². The lowest BCUT2D eigenvalue weighted by Gasteiger charge is -2.30. The van der Waals surface area contributed by atoms with Crippen molar-refractivity contribution in [3.05, 3.63) is 29.8 Å². The Labute approximate surface area is 287 Å². The van der Waals surface area contributed by atoms with Crippen molar-refractivity contribution in [2.45, 2.75) is 38.4 Å². The van der Waals surface area contributed by atoms with E-state index in [2.05, 4.69) is 30.5 Å². The van der Waals surface area contributed by atoms with E-state index in [0.29, 0.717) is 5.56 Å². The third kappa shape index (κ3) is 19.9. The molecule has 0 aliphatic heterocycles. The van der Waals surface area contributed by atoms with E-state index < -0.39 is 36.5 Å². The van der Waals surface area contributed by atoms with Gasteiger partial charge in [0, 0.05) is 19.6 Å². The zero-order chi connectivity index (χ0) is 36.5. The zero-order valence-corrected chi connectivity index (χ0v) is 29.5. The van der Waals surface area contributed by atoms with Crippen molar-refractivity contribution in [3.63, 3.8) is 0 Å². The maximum Gasteiger partial charge on any atom is 0.381 e. The van der Waals surface area contributed by atoms with Crippen LogP contribution in [-0.2, 0) is 54.1 Å². The lowest BCUT2D eigenvalue weighted by molar-refractivity contribution is -0.131. The van der Waals surface area contributed by atoms with E-state index in [-0.39, 0.29) is 104 Å². The second-order valence-electron chi connectivity index (χ2n) is 11.5. The van der Waals surface area contributed by atoms with Crippen molar-refractivity contribution in [3.8, 4) is 5.75 Å². The molecule has 2 atom stereocenters. The van der Waals surface area contributed by atoms with Gasteiger partial charge in [0.05, 0.1) is 83.7 Å². The minimum absolute atomic E-state index is 0.0645. The van der Waals surface area contributed by atoms with Crippen LogP contribution in [0.5, 0.6) is 5.75 Å². The molecule has 1 rings (SSSR count). The van der Waals surface area contributed by atoms with Crippen molar-refractivity contribution in [1.29, 1.82) is 0 Å². The number of hydrogen-bond donors (Lipinski definition) is 7. The Balaban J connectivity index is 3.17. The summed E-state index contributed by atoms with van der Waals surface area (Å²) in [6.07, 6.45) is 0.0645. The molecule has 0 heterocycles. The fraction of sp³-hybridized carbons (Fsp3) is 0.690. The van der Waals surface area contributed by atoms with Crippen molar-refractivity contribution >= 4 is 25.3 Å². The van der Waals surface area contributed by atoms with Crippen molar-refractivity contribution in [2.75, 3.05) is 92.2 Å². The summed E-state index contributed by atoms with van der Waals surface area (Å²) in [6.45, 7) is 6.41. The standard InChI is InChI=1S/C29H54N7O12P/c1-29(2,3)49(40,41)48-24-6-4-23(5-7-24)20-25(28(39)35-10-13-44-16-19-47-32)36(21-26(37)33-8-11-42-14-17-45-30)22-27(38)34-9-12-43-15-18-46-31/h4-7,25H,8-22,30-32H2,1-3H3,(H,33,37)(H,34,38)(H,35,39)(H,40,41). The van der Waals surface area contributed by atoms with E-state index in [1.807, 2.05) is 0 Å². The molecule has 0 bridgehead atoms. The molecule has 1 aromatic carbocycles. The van der Waals surface area contributed by atoms with Gasteiger partial charge < -0.3 is 54.1 Å². The molecule has 10 N–H and O–H groups in total. The van der Waals surface area contributed by atoms with Crippen molar-refractivity contribution in [1.82, 2.24) is 20.9 Å². The molecule has 282 valence electrons. The molecule has 0 aliphatic carbocycles. The van der Waals surface area contributed by atoms with E-state index in [9.17, 15) is 23.8 Å². The summed E-state index contributed by atoms with van der Waals surface area (Å²) in [4.78, 5) is 64.8. The van der Waals surface area contributed by atoms with Gasteiger partial charge in [0.25, 0.3) is 0 Å². The summed E-state index contributed by atoms with van der Waals surface area (Å²) < 4.78 is 34.1. The second kappa shape index (κ2) is 25.2. The highest BCUT2D eigenvalue weighted by Crippen LogP contribution is 2.54. The number of benzene rings is 1. The van der Waals surface area contributed by atoms with Crippen LogP contribution in [0.2, 0.25) is 0 Å². The monoisotopic (exact) mass is 723 g/mol. The smallest absolute Gasteiger partial charge is 0.381 e. The minimum Gasteiger partial charge on any atom is -0.424 e. The Bertz CT molecular complexity index is 1100. The summed E-state index contributed by atoms with van der Waals surface area (Å²) in [5.74, 6) is 13.7. The van der Waals surface area contributed by atoms with E-state index in [1.54, 1.807) is 32.9 Å². The molecule has 19 nitrogen and oxygen atoms in total. The topological polar surface area (TPSA) is 271 Å². The molecule has 0 aromatic heterocycles. The molecule has 3 amide bonds. The van der Waals surface area contributed by atoms with Gasteiger partial charge >= 0.3 is 7.60 Å². The predicted molar refractivity (Wildman–Crippen MR) is 178 cm³/mol. The average molecular weight is 724 g/mol. The molecule has 0 saturated carbocycles. The van der Waals surface area contributed by atoms with Gasteiger partial charge in [0.2, 0.25) is 17.7 Å².